The number of nitrogens with zero attached hydrogens (tertiary/aromatic N) is 2. The molecule has 1 spiro atoms. The van der Waals surface area contributed by atoms with Crippen LogP contribution >= 0.6 is 11.6 Å². The lowest BCUT2D eigenvalue weighted by Gasteiger charge is -2.39. The lowest BCUT2D eigenvalue weighted by Crippen LogP contribution is -2.54. The molecule has 1 aromatic heterocycles. The first-order valence-corrected chi connectivity index (χ1v) is 9.70. The number of aromatic nitrogens is 1. The van der Waals surface area contributed by atoms with E-state index in [2.05, 4.69) is 25.8 Å². The lowest BCUT2D eigenvalue weighted by atomic mass is 9.87. The number of carbonyl (C=O) groups is 1. The van der Waals surface area contributed by atoms with E-state index in [-0.39, 0.29) is 5.91 Å². The molecule has 4 N–H and O–H groups in total. The highest BCUT2D eigenvalue weighted by Crippen LogP contribution is 2.39. The molecule has 0 unspecified atom stereocenters. The first kappa shape index (κ1) is 18.7. The number of halogens is 1. The van der Waals surface area contributed by atoms with Crippen molar-refractivity contribution in [2.45, 2.75) is 18.4 Å². The first-order valence-electron chi connectivity index (χ1n) is 9.32. The highest BCUT2D eigenvalue weighted by Gasteiger charge is 2.44. The van der Waals surface area contributed by atoms with Gasteiger partial charge < -0.3 is 20.9 Å². The van der Waals surface area contributed by atoms with Crippen molar-refractivity contribution < 1.29 is 4.79 Å². The molecule has 8 heteroatoms. The molecule has 1 aromatic carbocycles. The number of carbonyl (C=O) groups excluding carboxylic acids is 1. The summed E-state index contributed by atoms with van der Waals surface area (Å²) >= 11 is 6.57. The van der Waals surface area contributed by atoms with E-state index in [0.717, 1.165) is 54.0 Å². The molecule has 0 atom stereocenters. The second-order valence-corrected chi connectivity index (χ2v) is 7.55. The van der Waals surface area contributed by atoms with Crippen LogP contribution < -0.4 is 20.9 Å². The maximum absolute atomic E-state index is 12.2. The SMILES string of the molecule is CNc1ccc(-c2cncc(Cl)c2N2CCC3(CC2)NCNC3=O)cc1C=N. The van der Waals surface area contributed by atoms with E-state index < -0.39 is 5.54 Å². The van der Waals surface area contributed by atoms with Crippen LogP contribution in [0.15, 0.2) is 30.6 Å². The number of pyridine rings is 1. The molecule has 146 valence electrons. The second kappa shape index (κ2) is 7.41. The predicted molar refractivity (Wildman–Crippen MR) is 112 cm³/mol. The van der Waals surface area contributed by atoms with E-state index in [1.54, 1.807) is 6.20 Å². The van der Waals surface area contributed by atoms with Crippen LogP contribution in [0, 0.1) is 5.41 Å². The third-order valence-electron chi connectivity index (χ3n) is 5.70. The van der Waals surface area contributed by atoms with Crippen LogP contribution in [-0.2, 0) is 4.79 Å². The van der Waals surface area contributed by atoms with Gasteiger partial charge in [-0.1, -0.05) is 17.7 Å². The summed E-state index contributed by atoms with van der Waals surface area (Å²) in [5.74, 6) is 0.0893. The average Bonchev–Trinajstić information content (AvgIpc) is 3.08. The van der Waals surface area contributed by atoms with Gasteiger partial charge in [-0.05, 0) is 30.5 Å². The Morgan fingerprint density at radius 3 is 2.75 bits per heavy atom. The quantitative estimate of drug-likeness (QED) is 0.594. The molecule has 3 heterocycles. The number of anilines is 2. The third kappa shape index (κ3) is 3.10. The third-order valence-corrected chi connectivity index (χ3v) is 5.98. The van der Waals surface area contributed by atoms with E-state index in [0.29, 0.717) is 11.7 Å². The molecule has 2 aliphatic heterocycles. The van der Waals surface area contributed by atoms with Crippen LogP contribution in [0.25, 0.3) is 11.1 Å². The minimum absolute atomic E-state index is 0.0893. The van der Waals surface area contributed by atoms with Crippen LogP contribution in [-0.4, -0.2) is 49.5 Å². The summed E-state index contributed by atoms with van der Waals surface area (Å²) in [6.45, 7) is 1.98. The van der Waals surface area contributed by atoms with Gasteiger partial charge in [-0.2, -0.15) is 0 Å². The van der Waals surface area contributed by atoms with Gasteiger partial charge in [-0.25, -0.2) is 0 Å². The Kier molecular flexibility index (Phi) is 4.95. The lowest BCUT2D eigenvalue weighted by molar-refractivity contribution is -0.124. The van der Waals surface area contributed by atoms with Gasteiger partial charge >= 0.3 is 0 Å². The zero-order valence-electron chi connectivity index (χ0n) is 15.7. The molecule has 28 heavy (non-hydrogen) atoms. The maximum atomic E-state index is 12.2. The van der Waals surface area contributed by atoms with Crippen molar-refractivity contribution in [2.24, 2.45) is 0 Å². The van der Waals surface area contributed by atoms with Gasteiger partial charge in [0, 0.05) is 55.6 Å². The highest BCUT2D eigenvalue weighted by molar-refractivity contribution is 6.33. The summed E-state index contributed by atoms with van der Waals surface area (Å²) in [4.78, 5) is 18.7. The normalized spacial score (nSPS) is 18.2. The van der Waals surface area contributed by atoms with Crippen LogP contribution in [0.3, 0.4) is 0 Å². The summed E-state index contributed by atoms with van der Waals surface area (Å²) in [5, 5.41) is 17.6. The maximum Gasteiger partial charge on any atom is 0.241 e. The van der Waals surface area contributed by atoms with Crippen molar-refractivity contribution in [3.63, 3.8) is 0 Å². The molecule has 2 aromatic rings. The summed E-state index contributed by atoms with van der Waals surface area (Å²) in [7, 11) is 1.84. The molecule has 2 fully saturated rings. The Morgan fingerprint density at radius 1 is 1.32 bits per heavy atom. The van der Waals surface area contributed by atoms with E-state index in [9.17, 15) is 4.79 Å². The zero-order chi connectivity index (χ0) is 19.7. The summed E-state index contributed by atoms with van der Waals surface area (Å²) < 4.78 is 0. The summed E-state index contributed by atoms with van der Waals surface area (Å²) in [6, 6.07) is 5.93. The molecular formula is C20H23ClN6O. The molecule has 2 aliphatic rings. The Hall–Kier alpha value is -2.64. The molecule has 2 saturated heterocycles. The standard InChI is InChI=1S/C20H23ClN6O/c1-23-17-3-2-13(8-14(17)9-22)15-10-24-11-16(21)18(15)27-6-4-20(5-7-27)19(28)25-12-26-20/h2-3,8-11,22-23,26H,4-7,12H2,1H3,(H,25,28). The molecular weight excluding hydrogens is 376 g/mol. The largest absolute Gasteiger partial charge is 0.388 e. The number of nitrogens with one attached hydrogen (secondary N) is 4. The smallest absolute Gasteiger partial charge is 0.241 e. The van der Waals surface area contributed by atoms with E-state index >= 15 is 0 Å². The van der Waals surface area contributed by atoms with Gasteiger partial charge in [0.2, 0.25) is 5.91 Å². The van der Waals surface area contributed by atoms with Crippen molar-refractivity contribution in [2.75, 3.05) is 37.0 Å². The summed E-state index contributed by atoms with van der Waals surface area (Å²) in [6.07, 6.45) is 6.25. The minimum Gasteiger partial charge on any atom is -0.388 e. The first-order chi connectivity index (χ1) is 13.6. The second-order valence-electron chi connectivity index (χ2n) is 7.14. The van der Waals surface area contributed by atoms with Gasteiger partial charge in [0.15, 0.2) is 0 Å². The Bertz CT molecular complexity index is 923. The Balaban J connectivity index is 1.68. The number of benzene rings is 1. The highest BCUT2D eigenvalue weighted by atomic mass is 35.5. The fourth-order valence-corrected chi connectivity index (χ4v) is 4.37. The van der Waals surface area contributed by atoms with Crippen LogP contribution in [0.5, 0.6) is 0 Å². The Morgan fingerprint density at radius 2 is 2.11 bits per heavy atom. The molecule has 7 nitrogen and oxygen atoms in total. The van der Waals surface area contributed by atoms with Crippen LogP contribution in [0.2, 0.25) is 5.02 Å². The number of rotatable bonds is 4. The van der Waals surface area contributed by atoms with E-state index in [1.165, 1.54) is 6.21 Å². The Labute approximate surface area is 169 Å². The van der Waals surface area contributed by atoms with Crippen molar-refractivity contribution >= 4 is 35.1 Å². The molecule has 1 amide bonds. The van der Waals surface area contributed by atoms with Crippen LogP contribution in [0.4, 0.5) is 11.4 Å². The minimum atomic E-state index is -0.460. The van der Waals surface area contributed by atoms with Gasteiger partial charge in [-0.3, -0.25) is 15.1 Å². The van der Waals surface area contributed by atoms with E-state index in [1.807, 2.05) is 31.4 Å². The fourth-order valence-electron chi connectivity index (χ4n) is 4.10. The number of piperidine rings is 1. The number of hydrogen-bond donors (Lipinski definition) is 4. The molecule has 0 saturated carbocycles. The van der Waals surface area contributed by atoms with Crippen LogP contribution in [0.1, 0.15) is 18.4 Å². The molecule has 0 bridgehead atoms. The van der Waals surface area contributed by atoms with Gasteiger partial charge in [0.25, 0.3) is 0 Å². The van der Waals surface area contributed by atoms with Gasteiger partial charge in [0.1, 0.15) is 5.54 Å². The summed E-state index contributed by atoms with van der Waals surface area (Å²) in [5.41, 5.74) is 4.05. The fraction of sp³-hybridized carbons (Fsp3) is 0.350. The number of hydrogen-bond acceptors (Lipinski definition) is 6. The topological polar surface area (TPSA) is 93.1 Å². The monoisotopic (exact) mass is 398 g/mol. The predicted octanol–water partition coefficient (Wildman–Crippen LogP) is 2.46. The van der Waals surface area contributed by atoms with Gasteiger partial charge in [-0.15, -0.1) is 0 Å². The van der Waals surface area contributed by atoms with E-state index in [4.69, 9.17) is 17.0 Å². The van der Waals surface area contributed by atoms with Gasteiger partial charge in [0.05, 0.1) is 17.4 Å². The van der Waals surface area contributed by atoms with Crippen molar-refractivity contribution in [1.29, 1.82) is 5.41 Å². The van der Waals surface area contributed by atoms with Crippen molar-refractivity contribution in [3.8, 4) is 11.1 Å². The molecule has 0 aliphatic carbocycles. The number of amides is 1. The zero-order valence-corrected chi connectivity index (χ0v) is 16.4. The molecule has 0 radical (unpaired) electrons. The van der Waals surface area contributed by atoms with Crippen molar-refractivity contribution in [1.82, 2.24) is 15.6 Å². The van der Waals surface area contributed by atoms with Crippen molar-refractivity contribution in [3.05, 3.63) is 41.2 Å². The average molecular weight is 399 g/mol. The molecule has 4 rings (SSSR count).